The summed E-state index contributed by atoms with van der Waals surface area (Å²) in [5.74, 6) is 0.821. The molecule has 0 N–H and O–H groups in total. The molecule has 70 valence electrons. The maximum atomic E-state index is 11.4. The highest BCUT2D eigenvalue weighted by Crippen LogP contribution is 2.08. The van der Waals surface area contributed by atoms with Gasteiger partial charge < -0.3 is 0 Å². The molecule has 3 nitrogen and oxygen atoms in total. The van der Waals surface area contributed by atoms with Gasteiger partial charge in [0.25, 0.3) is 0 Å². The number of carbonyl (C=O) groups excluding carboxylic acids is 1. The lowest BCUT2D eigenvalue weighted by molar-refractivity contribution is -0.118. The van der Waals surface area contributed by atoms with E-state index >= 15 is 0 Å². The van der Waals surface area contributed by atoms with Crippen molar-refractivity contribution in [2.75, 3.05) is 11.9 Å². The van der Waals surface area contributed by atoms with Crippen LogP contribution in [-0.2, 0) is 4.79 Å². The molecule has 0 bridgehead atoms. The van der Waals surface area contributed by atoms with Gasteiger partial charge in [-0.3, -0.25) is 9.69 Å². The molecule has 0 spiro atoms. The van der Waals surface area contributed by atoms with Crippen LogP contribution in [0.3, 0.4) is 0 Å². The van der Waals surface area contributed by atoms with Crippen molar-refractivity contribution in [3.05, 3.63) is 24.4 Å². The first-order chi connectivity index (χ1) is 6.25. The van der Waals surface area contributed by atoms with Gasteiger partial charge in [-0.25, -0.2) is 4.98 Å². The first-order valence-corrected chi connectivity index (χ1v) is 4.43. The molecule has 0 atom stereocenters. The van der Waals surface area contributed by atoms with Gasteiger partial charge in [0.05, 0.1) is 0 Å². The van der Waals surface area contributed by atoms with Crippen molar-refractivity contribution >= 4 is 11.7 Å². The summed E-state index contributed by atoms with van der Waals surface area (Å²) in [5.41, 5.74) is 0. The largest absolute Gasteiger partial charge is 0.300 e. The number of hydrogen-bond acceptors (Lipinski definition) is 2. The molecule has 1 rings (SSSR count). The number of pyridine rings is 1. The van der Waals surface area contributed by atoms with Crippen LogP contribution in [0.5, 0.6) is 0 Å². The Balaban J connectivity index is 2.68. The molecular formula is C10H14N2O. The van der Waals surface area contributed by atoms with Crippen molar-refractivity contribution in [1.82, 2.24) is 4.98 Å². The molecule has 0 saturated carbocycles. The smallest absolute Gasteiger partial charge is 0.227 e. The van der Waals surface area contributed by atoms with Crippen LogP contribution >= 0.6 is 0 Å². The number of hydrogen-bond donors (Lipinski definition) is 0. The average Bonchev–Trinajstić information content (AvgIpc) is 2.18. The van der Waals surface area contributed by atoms with Crippen molar-refractivity contribution in [2.24, 2.45) is 0 Å². The third-order valence-corrected chi connectivity index (χ3v) is 1.83. The van der Waals surface area contributed by atoms with E-state index in [4.69, 9.17) is 0 Å². The molecule has 0 unspecified atom stereocenters. The van der Waals surface area contributed by atoms with Crippen LogP contribution in [0.25, 0.3) is 0 Å². The summed E-state index contributed by atoms with van der Waals surface area (Å²) in [6.07, 6.45) is 3.13. The Hall–Kier alpha value is -1.38. The molecule has 0 aliphatic heterocycles. The Kier molecular flexibility index (Phi) is 3.43. The SMILES string of the molecule is CCCC(=O)N(C)c1ccccn1. The fourth-order valence-corrected chi connectivity index (χ4v) is 1.06. The third-order valence-electron chi connectivity index (χ3n) is 1.83. The molecule has 0 fully saturated rings. The van der Waals surface area contributed by atoms with E-state index in [-0.39, 0.29) is 5.91 Å². The van der Waals surface area contributed by atoms with Crippen molar-refractivity contribution < 1.29 is 4.79 Å². The van der Waals surface area contributed by atoms with Crippen molar-refractivity contribution in [3.8, 4) is 0 Å². The Labute approximate surface area is 78.4 Å². The minimum Gasteiger partial charge on any atom is -0.300 e. The number of anilines is 1. The van der Waals surface area contributed by atoms with Crippen LogP contribution in [0.4, 0.5) is 5.82 Å². The molecule has 1 heterocycles. The minimum atomic E-state index is 0.112. The summed E-state index contributed by atoms with van der Waals surface area (Å²) >= 11 is 0. The molecule has 1 amide bonds. The number of nitrogens with zero attached hydrogens (tertiary/aromatic N) is 2. The van der Waals surface area contributed by atoms with Crippen LogP contribution in [-0.4, -0.2) is 17.9 Å². The van der Waals surface area contributed by atoms with Gasteiger partial charge in [-0.05, 0) is 18.6 Å². The molecular weight excluding hydrogens is 164 g/mol. The van der Waals surface area contributed by atoms with Gasteiger partial charge in [0.2, 0.25) is 5.91 Å². The van der Waals surface area contributed by atoms with Gasteiger partial charge in [-0.15, -0.1) is 0 Å². The van der Waals surface area contributed by atoms with Crippen LogP contribution in [0.2, 0.25) is 0 Å². The number of aromatic nitrogens is 1. The molecule has 0 aromatic carbocycles. The lowest BCUT2D eigenvalue weighted by Crippen LogP contribution is -2.26. The summed E-state index contributed by atoms with van der Waals surface area (Å²) < 4.78 is 0. The lowest BCUT2D eigenvalue weighted by Gasteiger charge is -2.14. The molecule has 1 aromatic heterocycles. The number of rotatable bonds is 3. The monoisotopic (exact) mass is 178 g/mol. The Morgan fingerprint density at radius 2 is 2.31 bits per heavy atom. The van der Waals surface area contributed by atoms with Crippen molar-refractivity contribution in [3.63, 3.8) is 0 Å². The summed E-state index contributed by atoms with van der Waals surface area (Å²) in [6.45, 7) is 1.99. The van der Waals surface area contributed by atoms with E-state index in [1.54, 1.807) is 18.1 Å². The number of carbonyl (C=O) groups is 1. The standard InChI is InChI=1S/C10H14N2O/c1-3-6-10(13)12(2)9-7-4-5-8-11-9/h4-5,7-8H,3,6H2,1-2H3. The highest BCUT2D eigenvalue weighted by molar-refractivity contribution is 5.91. The molecule has 1 aromatic rings. The van der Waals surface area contributed by atoms with E-state index in [1.807, 2.05) is 25.1 Å². The van der Waals surface area contributed by atoms with Gasteiger partial charge in [0.15, 0.2) is 0 Å². The zero-order chi connectivity index (χ0) is 9.68. The zero-order valence-electron chi connectivity index (χ0n) is 8.03. The fraction of sp³-hybridized carbons (Fsp3) is 0.400. The molecule has 0 radical (unpaired) electrons. The van der Waals surface area contributed by atoms with E-state index < -0.39 is 0 Å². The topological polar surface area (TPSA) is 33.2 Å². The van der Waals surface area contributed by atoms with Crippen molar-refractivity contribution in [2.45, 2.75) is 19.8 Å². The lowest BCUT2D eigenvalue weighted by atomic mass is 10.3. The van der Waals surface area contributed by atoms with E-state index in [9.17, 15) is 4.79 Å². The summed E-state index contributed by atoms with van der Waals surface area (Å²) in [4.78, 5) is 17.1. The average molecular weight is 178 g/mol. The molecule has 0 aliphatic carbocycles. The van der Waals surface area contributed by atoms with Crippen LogP contribution in [0.15, 0.2) is 24.4 Å². The van der Waals surface area contributed by atoms with E-state index in [0.29, 0.717) is 12.2 Å². The predicted molar refractivity (Wildman–Crippen MR) is 52.6 cm³/mol. The van der Waals surface area contributed by atoms with Gasteiger partial charge in [0.1, 0.15) is 5.82 Å². The van der Waals surface area contributed by atoms with E-state index in [0.717, 1.165) is 6.42 Å². The predicted octanol–water partition coefficient (Wildman–Crippen LogP) is 1.84. The maximum Gasteiger partial charge on any atom is 0.227 e. The zero-order valence-corrected chi connectivity index (χ0v) is 8.03. The van der Waals surface area contributed by atoms with Crippen LogP contribution in [0, 0.1) is 0 Å². The summed E-state index contributed by atoms with van der Waals surface area (Å²) in [6, 6.07) is 5.53. The van der Waals surface area contributed by atoms with E-state index in [2.05, 4.69) is 4.98 Å². The first-order valence-electron chi connectivity index (χ1n) is 4.43. The van der Waals surface area contributed by atoms with Gasteiger partial charge in [-0.2, -0.15) is 0 Å². The first kappa shape index (κ1) is 9.71. The maximum absolute atomic E-state index is 11.4. The second kappa shape index (κ2) is 4.60. The van der Waals surface area contributed by atoms with Gasteiger partial charge in [-0.1, -0.05) is 13.0 Å². The quantitative estimate of drug-likeness (QED) is 0.707. The Morgan fingerprint density at radius 1 is 1.54 bits per heavy atom. The van der Waals surface area contributed by atoms with E-state index in [1.165, 1.54) is 0 Å². The summed E-state index contributed by atoms with van der Waals surface area (Å²) in [7, 11) is 1.75. The fourth-order valence-electron chi connectivity index (χ4n) is 1.06. The van der Waals surface area contributed by atoms with Gasteiger partial charge in [0, 0.05) is 19.7 Å². The second-order valence-corrected chi connectivity index (χ2v) is 2.89. The Morgan fingerprint density at radius 3 is 2.85 bits per heavy atom. The van der Waals surface area contributed by atoms with Gasteiger partial charge >= 0.3 is 0 Å². The van der Waals surface area contributed by atoms with Crippen molar-refractivity contribution in [1.29, 1.82) is 0 Å². The molecule has 0 saturated heterocycles. The normalized spacial score (nSPS) is 9.69. The second-order valence-electron chi connectivity index (χ2n) is 2.89. The highest BCUT2D eigenvalue weighted by Gasteiger charge is 2.09. The van der Waals surface area contributed by atoms with Crippen LogP contribution in [0.1, 0.15) is 19.8 Å². The molecule has 13 heavy (non-hydrogen) atoms. The number of amides is 1. The van der Waals surface area contributed by atoms with Crippen LogP contribution < -0.4 is 4.90 Å². The molecule has 0 aliphatic rings. The highest BCUT2D eigenvalue weighted by atomic mass is 16.2. The molecule has 3 heteroatoms. The minimum absolute atomic E-state index is 0.112. The summed E-state index contributed by atoms with van der Waals surface area (Å²) in [5, 5.41) is 0. The Bertz CT molecular complexity index is 272. The third kappa shape index (κ3) is 2.54.